The molecule has 2 atom stereocenters. The van der Waals surface area contributed by atoms with Gasteiger partial charge in [0.25, 0.3) is 5.91 Å². The summed E-state index contributed by atoms with van der Waals surface area (Å²) in [5, 5.41) is 3.80. The largest absolute Gasteiger partial charge is 0.408 e. The van der Waals surface area contributed by atoms with Crippen LogP contribution < -0.4 is 4.90 Å². The normalized spacial score (nSPS) is 24.9. The maximum absolute atomic E-state index is 13.8. The fourth-order valence-corrected chi connectivity index (χ4v) is 4.50. The van der Waals surface area contributed by atoms with Gasteiger partial charge in [0.1, 0.15) is 12.4 Å². The molecule has 1 fully saturated rings. The second-order valence-corrected chi connectivity index (χ2v) is 7.96. The number of halogens is 4. The smallest absolute Gasteiger partial charge is 0.299 e. The molecule has 3 heterocycles. The molecule has 9 heteroatoms. The Morgan fingerprint density at radius 1 is 1.27 bits per heavy atom. The summed E-state index contributed by atoms with van der Waals surface area (Å²) in [6, 6.07) is 7.56. The molecule has 1 aromatic carbocycles. The van der Waals surface area contributed by atoms with E-state index in [1.54, 1.807) is 23.1 Å². The van der Waals surface area contributed by atoms with E-state index < -0.39 is 24.1 Å². The third-order valence-electron chi connectivity index (χ3n) is 5.87. The van der Waals surface area contributed by atoms with Crippen molar-refractivity contribution in [2.75, 3.05) is 11.4 Å². The second-order valence-electron chi connectivity index (χ2n) is 7.96. The fourth-order valence-electron chi connectivity index (χ4n) is 4.50. The average molecular weight is 422 g/mol. The van der Waals surface area contributed by atoms with Crippen LogP contribution in [0.25, 0.3) is 0 Å². The van der Waals surface area contributed by atoms with Crippen LogP contribution in [0.15, 0.2) is 48.7 Å². The highest BCUT2D eigenvalue weighted by Crippen LogP contribution is 2.40. The Bertz CT molecular complexity index is 970. The van der Waals surface area contributed by atoms with Gasteiger partial charge in [-0.1, -0.05) is 12.1 Å². The van der Waals surface area contributed by atoms with E-state index in [2.05, 4.69) is 10.00 Å². The Labute approximate surface area is 171 Å². The molecule has 4 rings (SSSR count). The highest BCUT2D eigenvalue weighted by molar-refractivity contribution is 6.06. The van der Waals surface area contributed by atoms with E-state index in [9.17, 15) is 22.4 Å². The number of hydrogen-bond acceptors (Lipinski definition) is 3. The van der Waals surface area contributed by atoms with Crippen molar-refractivity contribution in [3.8, 4) is 0 Å². The third-order valence-corrected chi connectivity index (χ3v) is 5.87. The molecule has 0 bridgehead atoms. The van der Waals surface area contributed by atoms with E-state index in [0.717, 1.165) is 4.68 Å². The first kappa shape index (κ1) is 20.6. The molecule has 2 aromatic rings. The summed E-state index contributed by atoms with van der Waals surface area (Å²) in [6.07, 6.45) is 1.64. The summed E-state index contributed by atoms with van der Waals surface area (Å²) in [5.74, 6) is -0.602. The van der Waals surface area contributed by atoms with Crippen molar-refractivity contribution >= 4 is 11.6 Å². The number of anilines is 1. The molecular formula is C21H22F4N4O. The van der Waals surface area contributed by atoms with E-state index in [4.69, 9.17) is 0 Å². The number of benzene rings is 1. The van der Waals surface area contributed by atoms with E-state index in [1.807, 2.05) is 13.0 Å². The Morgan fingerprint density at radius 2 is 2.07 bits per heavy atom. The van der Waals surface area contributed by atoms with Gasteiger partial charge in [-0.15, -0.1) is 0 Å². The first-order chi connectivity index (χ1) is 14.2. The lowest BCUT2D eigenvalue weighted by atomic mass is 9.83. The van der Waals surface area contributed by atoms with Crippen LogP contribution in [0.4, 0.5) is 23.2 Å². The number of amides is 1. The number of alkyl halides is 3. The summed E-state index contributed by atoms with van der Waals surface area (Å²) < 4.78 is 53.1. The molecule has 5 nitrogen and oxygen atoms in total. The van der Waals surface area contributed by atoms with Gasteiger partial charge in [-0.25, -0.2) is 4.39 Å². The van der Waals surface area contributed by atoms with Crippen molar-refractivity contribution < 1.29 is 22.4 Å². The van der Waals surface area contributed by atoms with Gasteiger partial charge in [0.05, 0.1) is 11.2 Å². The molecule has 1 amide bonds. The maximum atomic E-state index is 13.8. The van der Waals surface area contributed by atoms with E-state index in [1.165, 1.54) is 24.4 Å². The highest BCUT2D eigenvalue weighted by atomic mass is 19.4. The lowest BCUT2D eigenvalue weighted by Gasteiger charge is -2.47. The number of piperidine rings is 1. The number of hydrogen-bond donors (Lipinski definition) is 0. The monoisotopic (exact) mass is 422 g/mol. The van der Waals surface area contributed by atoms with Gasteiger partial charge in [-0.3, -0.25) is 19.3 Å². The molecule has 0 radical (unpaired) electrons. The SMILES string of the molecule is CC1CC2(C=CC(=O)N2c2cccc(F)c2)CCN1Cc1ccnn1CC(F)(F)F. The summed E-state index contributed by atoms with van der Waals surface area (Å²) in [5.41, 5.74) is 0.441. The van der Waals surface area contributed by atoms with Crippen LogP contribution in [0.3, 0.4) is 0 Å². The lowest BCUT2D eigenvalue weighted by Crippen LogP contribution is -2.56. The molecule has 0 saturated carbocycles. The van der Waals surface area contributed by atoms with Crippen molar-refractivity contribution in [1.29, 1.82) is 0 Å². The van der Waals surface area contributed by atoms with Crippen LogP contribution in [-0.2, 0) is 17.9 Å². The van der Waals surface area contributed by atoms with Crippen molar-refractivity contribution in [2.24, 2.45) is 0 Å². The zero-order chi connectivity index (χ0) is 21.5. The quantitative estimate of drug-likeness (QED) is 0.702. The molecule has 160 valence electrons. The standard InChI is InChI=1S/C21H22F4N4O/c1-15-12-20(7-5-19(30)29(20)17-4-2-3-16(22)11-17)8-10-27(15)13-18-6-9-26-28(18)14-21(23,24)25/h2-7,9,11,15H,8,10,12-14H2,1H3. The molecule has 1 spiro atoms. The predicted octanol–water partition coefficient (Wildman–Crippen LogP) is 3.91. The summed E-state index contributed by atoms with van der Waals surface area (Å²) in [7, 11) is 0. The van der Waals surface area contributed by atoms with Crippen LogP contribution >= 0.6 is 0 Å². The van der Waals surface area contributed by atoms with Crippen molar-refractivity contribution in [2.45, 2.75) is 50.6 Å². The Balaban J connectivity index is 1.51. The van der Waals surface area contributed by atoms with Gasteiger partial charge in [0, 0.05) is 37.1 Å². The first-order valence-electron chi connectivity index (χ1n) is 9.77. The first-order valence-corrected chi connectivity index (χ1v) is 9.77. The minimum atomic E-state index is -4.33. The Morgan fingerprint density at radius 3 is 2.77 bits per heavy atom. The van der Waals surface area contributed by atoms with Crippen LogP contribution in [0.5, 0.6) is 0 Å². The topological polar surface area (TPSA) is 41.4 Å². The summed E-state index contributed by atoms with van der Waals surface area (Å²) >= 11 is 0. The van der Waals surface area contributed by atoms with Crippen LogP contribution in [0, 0.1) is 5.82 Å². The molecule has 1 aromatic heterocycles. The molecule has 1 saturated heterocycles. The van der Waals surface area contributed by atoms with Crippen LogP contribution in [-0.4, -0.2) is 44.9 Å². The van der Waals surface area contributed by atoms with Gasteiger partial charge in [-0.2, -0.15) is 18.3 Å². The maximum Gasteiger partial charge on any atom is 0.408 e. The number of aromatic nitrogens is 2. The van der Waals surface area contributed by atoms with Gasteiger partial charge < -0.3 is 0 Å². The molecular weight excluding hydrogens is 400 g/mol. The van der Waals surface area contributed by atoms with Crippen LogP contribution in [0.1, 0.15) is 25.5 Å². The van der Waals surface area contributed by atoms with Crippen molar-refractivity contribution in [3.05, 3.63) is 60.2 Å². The fraction of sp³-hybridized carbons (Fsp3) is 0.429. The second kappa shape index (κ2) is 7.54. The highest BCUT2D eigenvalue weighted by Gasteiger charge is 2.46. The molecule has 0 N–H and O–H groups in total. The number of nitrogens with zero attached hydrogens (tertiary/aromatic N) is 4. The van der Waals surface area contributed by atoms with Crippen LogP contribution in [0.2, 0.25) is 0 Å². The molecule has 2 unspecified atom stereocenters. The Kier molecular flexibility index (Phi) is 5.17. The van der Waals surface area contributed by atoms with Gasteiger partial charge in [0.2, 0.25) is 0 Å². The number of carbonyl (C=O) groups excluding carboxylic acids is 1. The van der Waals surface area contributed by atoms with Crippen molar-refractivity contribution in [1.82, 2.24) is 14.7 Å². The zero-order valence-electron chi connectivity index (χ0n) is 16.4. The minimum Gasteiger partial charge on any atom is -0.299 e. The number of likely N-dealkylation sites (tertiary alicyclic amines) is 1. The van der Waals surface area contributed by atoms with E-state index in [0.29, 0.717) is 37.3 Å². The van der Waals surface area contributed by atoms with Crippen molar-refractivity contribution in [3.63, 3.8) is 0 Å². The summed E-state index contributed by atoms with van der Waals surface area (Å²) in [6.45, 7) is 1.80. The lowest BCUT2D eigenvalue weighted by molar-refractivity contribution is -0.143. The summed E-state index contributed by atoms with van der Waals surface area (Å²) in [4.78, 5) is 16.3. The van der Waals surface area contributed by atoms with Gasteiger partial charge in [-0.05, 0) is 44.0 Å². The number of carbonyl (C=O) groups is 1. The molecule has 2 aliphatic rings. The predicted molar refractivity (Wildman–Crippen MR) is 103 cm³/mol. The van der Waals surface area contributed by atoms with E-state index in [-0.39, 0.29) is 11.9 Å². The third kappa shape index (κ3) is 3.98. The molecule has 30 heavy (non-hydrogen) atoms. The minimum absolute atomic E-state index is 0.000374. The van der Waals surface area contributed by atoms with Gasteiger partial charge >= 0.3 is 6.18 Å². The molecule has 2 aliphatic heterocycles. The average Bonchev–Trinajstić information content (AvgIpc) is 3.20. The van der Waals surface area contributed by atoms with E-state index >= 15 is 0 Å². The van der Waals surface area contributed by atoms with Gasteiger partial charge in [0.15, 0.2) is 0 Å². The zero-order valence-corrected chi connectivity index (χ0v) is 16.4. The number of rotatable bonds is 4. The Hall–Kier alpha value is -2.68. The molecule has 0 aliphatic carbocycles.